The summed E-state index contributed by atoms with van der Waals surface area (Å²) in [6.45, 7) is 13.0. The summed E-state index contributed by atoms with van der Waals surface area (Å²) in [7, 11) is 0. The molecule has 0 aromatic carbocycles. The zero-order valence-electron chi connectivity index (χ0n) is 13.2. The third-order valence-corrected chi connectivity index (χ3v) is 3.35. The number of halogens is 1. The molecule has 0 aromatic heterocycles. The zero-order chi connectivity index (χ0) is 13.9. The highest BCUT2D eigenvalue weighted by Crippen LogP contribution is 2.03. The lowest BCUT2D eigenvalue weighted by molar-refractivity contribution is 0.0220. The first kappa shape index (κ1) is 19.9. The maximum Gasteiger partial charge on any atom is 0.191 e. The Balaban J connectivity index is 0.00000361. The van der Waals surface area contributed by atoms with Gasteiger partial charge in [0, 0.05) is 32.2 Å². The second kappa shape index (κ2) is 12.6. The highest BCUT2D eigenvalue weighted by Gasteiger charge is 2.16. The molecule has 6 heteroatoms. The van der Waals surface area contributed by atoms with E-state index in [0.29, 0.717) is 6.04 Å². The number of nitrogens with one attached hydrogen (secondary N) is 2. The van der Waals surface area contributed by atoms with Gasteiger partial charge in [-0.1, -0.05) is 13.3 Å². The van der Waals surface area contributed by atoms with Gasteiger partial charge >= 0.3 is 0 Å². The van der Waals surface area contributed by atoms with Crippen molar-refractivity contribution < 1.29 is 4.74 Å². The molecule has 1 fully saturated rings. The van der Waals surface area contributed by atoms with E-state index in [1.807, 2.05) is 0 Å². The molecule has 1 aliphatic heterocycles. The lowest BCUT2D eigenvalue weighted by Gasteiger charge is -2.31. The molecule has 1 saturated heterocycles. The minimum atomic E-state index is 0. The van der Waals surface area contributed by atoms with Crippen LogP contribution < -0.4 is 10.6 Å². The van der Waals surface area contributed by atoms with Crippen molar-refractivity contribution in [1.82, 2.24) is 15.5 Å². The van der Waals surface area contributed by atoms with Crippen LogP contribution in [0.3, 0.4) is 0 Å². The SMILES string of the molecule is CCCCNC(=NCC(C)N1CCOCC1)NCC.I. The van der Waals surface area contributed by atoms with Gasteiger partial charge in [-0.15, -0.1) is 24.0 Å². The highest BCUT2D eigenvalue weighted by atomic mass is 127. The summed E-state index contributed by atoms with van der Waals surface area (Å²) in [5.41, 5.74) is 0. The molecule has 1 aliphatic rings. The predicted molar refractivity (Wildman–Crippen MR) is 96.2 cm³/mol. The van der Waals surface area contributed by atoms with Crippen LogP contribution in [0.4, 0.5) is 0 Å². The molecular weight excluding hydrogens is 367 g/mol. The first-order valence-electron chi connectivity index (χ1n) is 7.61. The highest BCUT2D eigenvalue weighted by molar-refractivity contribution is 14.0. The van der Waals surface area contributed by atoms with Crippen LogP contribution >= 0.6 is 24.0 Å². The van der Waals surface area contributed by atoms with E-state index in [9.17, 15) is 0 Å². The topological polar surface area (TPSA) is 48.9 Å². The summed E-state index contributed by atoms with van der Waals surface area (Å²) in [5.74, 6) is 0.941. The smallest absolute Gasteiger partial charge is 0.191 e. The monoisotopic (exact) mass is 398 g/mol. The molecule has 1 unspecified atom stereocenters. The van der Waals surface area contributed by atoms with Gasteiger partial charge in [0.15, 0.2) is 5.96 Å². The number of morpholine rings is 1. The third-order valence-electron chi connectivity index (χ3n) is 3.35. The summed E-state index contributed by atoms with van der Waals surface area (Å²) in [5, 5.41) is 6.67. The summed E-state index contributed by atoms with van der Waals surface area (Å²) < 4.78 is 5.38. The summed E-state index contributed by atoms with van der Waals surface area (Å²) in [4.78, 5) is 7.12. The average Bonchev–Trinajstić information content (AvgIpc) is 2.45. The first-order valence-corrected chi connectivity index (χ1v) is 7.61. The van der Waals surface area contributed by atoms with Crippen molar-refractivity contribution >= 4 is 29.9 Å². The van der Waals surface area contributed by atoms with Gasteiger partial charge in [-0.3, -0.25) is 9.89 Å². The van der Waals surface area contributed by atoms with Crippen LogP contribution in [-0.2, 0) is 4.74 Å². The second-order valence-corrected chi connectivity index (χ2v) is 5.00. The minimum absolute atomic E-state index is 0. The van der Waals surface area contributed by atoms with E-state index < -0.39 is 0 Å². The van der Waals surface area contributed by atoms with Gasteiger partial charge in [0.1, 0.15) is 0 Å². The number of ether oxygens (including phenoxy) is 1. The number of hydrogen-bond acceptors (Lipinski definition) is 3. The number of guanidine groups is 1. The fraction of sp³-hybridized carbons (Fsp3) is 0.929. The Morgan fingerprint density at radius 3 is 2.55 bits per heavy atom. The molecule has 1 atom stereocenters. The quantitative estimate of drug-likeness (QED) is 0.297. The van der Waals surface area contributed by atoms with E-state index in [-0.39, 0.29) is 24.0 Å². The molecule has 2 N–H and O–H groups in total. The van der Waals surface area contributed by atoms with Crippen molar-refractivity contribution in [2.24, 2.45) is 4.99 Å². The molecule has 120 valence electrons. The zero-order valence-corrected chi connectivity index (χ0v) is 15.5. The fourth-order valence-corrected chi connectivity index (χ4v) is 2.08. The van der Waals surface area contributed by atoms with E-state index in [1.165, 1.54) is 12.8 Å². The largest absolute Gasteiger partial charge is 0.379 e. The van der Waals surface area contributed by atoms with E-state index >= 15 is 0 Å². The number of aliphatic imine (C=N–C) groups is 1. The average molecular weight is 398 g/mol. The molecule has 0 amide bonds. The number of nitrogens with zero attached hydrogens (tertiary/aromatic N) is 2. The second-order valence-electron chi connectivity index (χ2n) is 5.00. The predicted octanol–water partition coefficient (Wildman–Crippen LogP) is 1.68. The van der Waals surface area contributed by atoms with Gasteiger partial charge < -0.3 is 15.4 Å². The summed E-state index contributed by atoms with van der Waals surface area (Å²) in [6, 6.07) is 0.477. The maximum atomic E-state index is 5.38. The van der Waals surface area contributed by atoms with E-state index in [0.717, 1.165) is 51.9 Å². The van der Waals surface area contributed by atoms with Crippen LogP contribution in [0, 0.1) is 0 Å². The van der Waals surface area contributed by atoms with Crippen LogP contribution in [0.25, 0.3) is 0 Å². The molecule has 0 aliphatic carbocycles. The van der Waals surface area contributed by atoms with Crippen molar-refractivity contribution in [1.29, 1.82) is 0 Å². The molecule has 0 spiro atoms. The number of rotatable bonds is 7. The van der Waals surface area contributed by atoms with Crippen LogP contribution in [0.2, 0.25) is 0 Å². The summed E-state index contributed by atoms with van der Waals surface area (Å²) in [6.07, 6.45) is 2.39. The molecule has 5 nitrogen and oxygen atoms in total. The van der Waals surface area contributed by atoms with E-state index in [2.05, 4.69) is 41.3 Å². The molecule has 0 bridgehead atoms. The molecular formula is C14H31IN4O. The van der Waals surface area contributed by atoms with Gasteiger partial charge in [0.05, 0.1) is 19.8 Å². The van der Waals surface area contributed by atoms with Gasteiger partial charge in [-0.05, 0) is 20.3 Å². The molecule has 0 radical (unpaired) electrons. The standard InChI is InChI=1S/C14H30N4O.HI/c1-4-6-7-16-14(15-5-2)17-12-13(3)18-8-10-19-11-9-18;/h13H,4-12H2,1-3H3,(H2,15,16,17);1H. The van der Waals surface area contributed by atoms with Crippen molar-refractivity contribution in [3.8, 4) is 0 Å². The first-order chi connectivity index (χ1) is 9.27. The van der Waals surface area contributed by atoms with Crippen LogP contribution in [0.15, 0.2) is 4.99 Å². The molecule has 1 heterocycles. The molecule has 0 saturated carbocycles. The fourth-order valence-electron chi connectivity index (χ4n) is 2.08. The Bertz CT molecular complexity index is 258. The van der Waals surface area contributed by atoms with Crippen LogP contribution in [0.1, 0.15) is 33.6 Å². The number of unbranched alkanes of at least 4 members (excludes halogenated alkanes) is 1. The van der Waals surface area contributed by atoms with Crippen molar-refractivity contribution in [3.05, 3.63) is 0 Å². The van der Waals surface area contributed by atoms with Crippen LogP contribution in [0.5, 0.6) is 0 Å². The van der Waals surface area contributed by atoms with Gasteiger partial charge in [0.2, 0.25) is 0 Å². The molecule has 0 aromatic rings. The van der Waals surface area contributed by atoms with Crippen molar-refractivity contribution in [2.75, 3.05) is 45.9 Å². The Kier molecular flexibility index (Phi) is 12.6. The minimum Gasteiger partial charge on any atom is -0.379 e. The molecule has 20 heavy (non-hydrogen) atoms. The maximum absolute atomic E-state index is 5.38. The van der Waals surface area contributed by atoms with Gasteiger partial charge in [-0.25, -0.2) is 0 Å². The Morgan fingerprint density at radius 2 is 1.95 bits per heavy atom. The van der Waals surface area contributed by atoms with Crippen molar-refractivity contribution in [3.63, 3.8) is 0 Å². The van der Waals surface area contributed by atoms with E-state index in [4.69, 9.17) is 4.74 Å². The van der Waals surface area contributed by atoms with Gasteiger partial charge in [-0.2, -0.15) is 0 Å². The summed E-state index contributed by atoms with van der Waals surface area (Å²) >= 11 is 0. The van der Waals surface area contributed by atoms with Gasteiger partial charge in [0.25, 0.3) is 0 Å². The lowest BCUT2D eigenvalue weighted by Crippen LogP contribution is -2.44. The van der Waals surface area contributed by atoms with E-state index in [1.54, 1.807) is 0 Å². The van der Waals surface area contributed by atoms with Crippen molar-refractivity contribution in [2.45, 2.75) is 39.7 Å². The Hall–Kier alpha value is -0.0800. The molecule has 1 rings (SSSR count). The third kappa shape index (κ3) is 8.26. The Morgan fingerprint density at radius 1 is 1.25 bits per heavy atom. The number of hydrogen-bond donors (Lipinski definition) is 2. The van der Waals surface area contributed by atoms with Crippen LogP contribution in [-0.4, -0.2) is 62.8 Å². The normalized spacial score (nSPS) is 18.2. The lowest BCUT2D eigenvalue weighted by atomic mass is 10.2. The Labute approximate surface area is 140 Å².